The number of rotatable bonds is 3. The van der Waals surface area contributed by atoms with E-state index in [0.717, 1.165) is 17.1 Å². The molecule has 0 bridgehead atoms. The van der Waals surface area contributed by atoms with Crippen molar-refractivity contribution in [3.63, 3.8) is 0 Å². The Morgan fingerprint density at radius 2 is 1.13 bits per heavy atom. The van der Waals surface area contributed by atoms with Crippen LogP contribution < -0.4 is 4.90 Å². The number of anilines is 3. The van der Waals surface area contributed by atoms with E-state index in [9.17, 15) is 0 Å². The molecule has 5 aromatic carbocycles. The van der Waals surface area contributed by atoms with E-state index in [1.54, 1.807) is 0 Å². The Bertz CT molecular complexity index is 1340. The maximum atomic E-state index is 7.30. The summed E-state index contributed by atoms with van der Waals surface area (Å²) in [6.07, 6.45) is 0. The number of hydrogen-bond donors (Lipinski definition) is 0. The van der Waals surface area contributed by atoms with Gasteiger partial charge in [-0.15, -0.1) is 0 Å². The van der Waals surface area contributed by atoms with Crippen molar-refractivity contribution in [3.8, 4) is 0 Å². The summed E-state index contributed by atoms with van der Waals surface area (Å²) < 4.78 is 0. The maximum Gasteiger partial charge on any atom is 0.187 e. The topological polar surface area (TPSA) is 7.60 Å². The first-order valence-electron chi connectivity index (χ1n) is 9.99. The van der Waals surface area contributed by atoms with Gasteiger partial charge in [0.1, 0.15) is 0 Å². The minimum atomic E-state index is 0.644. The lowest BCUT2D eigenvalue weighted by atomic mass is 9.99. The summed E-state index contributed by atoms with van der Waals surface area (Å²) in [7, 11) is 0. The van der Waals surface area contributed by atoms with E-state index in [0.29, 0.717) is 5.69 Å². The molecule has 0 aromatic heterocycles. The second-order valence-corrected chi connectivity index (χ2v) is 7.47. The fourth-order valence-corrected chi connectivity index (χ4v) is 4.01. The summed E-state index contributed by atoms with van der Waals surface area (Å²) in [4.78, 5) is 5.86. The molecule has 0 heterocycles. The van der Waals surface area contributed by atoms with Crippen LogP contribution in [0.15, 0.2) is 103 Å². The van der Waals surface area contributed by atoms with Gasteiger partial charge >= 0.3 is 0 Å². The quantitative estimate of drug-likeness (QED) is 0.224. The van der Waals surface area contributed by atoms with Gasteiger partial charge in [0.05, 0.1) is 12.3 Å². The SMILES string of the molecule is [C-]#[N+]c1ccc(N(c2ccc(C)cc2)c2c3ccccc3cc3ccccc23)cc1. The number of aryl methyl sites for hydroxylation is 1. The van der Waals surface area contributed by atoms with Crippen LogP contribution in [0.25, 0.3) is 26.4 Å². The molecule has 0 N–H and O–H groups in total. The molecule has 0 saturated heterocycles. The second-order valence-electron chi connectivity index (χ2n) is 7.47. The van der Waals surface area contributed by atoms with Crippen LogP contribution in [-0.2, 0) is 0 Å². The third-order valence-corrected chi connectivity index (χ3v) is 5.50. The highest BCUT2D eigenvalue weighted by Crippen LogP contribution is 2.43. The first-order valence-corrected chi connectivity index (χ1v) is 9.99. The zero-order valence-corrected chi connectivity index (χ0v) is 16.7. The van der Waals surface area contributed by atoms with Crippen LogP contribution in [0.1, 0.15) is 5.56 Å². The summed E-state index contributed by atoms with van der Waals surface area (Å²) in [5.41, 5.74) is 5.16. The third kappa shape index (κ3) is 3.07. The van der Waals surface area contributed by atoms with Crippen molar-refractivity contribution in [1.82, 2.24) is 0 Å². The predicted octanol–water partition coefficient (Wildman–Crippen LogP) is 8.32. The molecular weight excluding hydrogens is 364 g/mol. The lowest BCUT2D eigenvalue weighted by Gasteiger charge is -2.28. The normalized spacial score (nSPS) is 10.8. The number of benzene rings is 5. The van der Waals surface area contributed by atoms with E-state index >= 15 is 0 Å². The van der Waals surface area contributed by atoms with Crippen molar-refractivity contribution in [2.45, 2.75) is 6.92 Å². The highest BCUT2D eigenvalue weighted by Gasteiger charge is 2.18. The van der Waals surface area contributed by atoms with Gasteiger partial charge in [-0.05, 0) is 48.0 Å². The van der Waals surface area contributed by atoms with E-state index in [4.69, 9.17) is 6.57 Å². The van der Waals surface area contributed by atoms with E-state index in [2.05, 4.69) is 95.5 Å². The summed E-state index contributed by atoms with van der Waals surface area (Å²) in [6.45, 7) is 9.40. The molecule has 0 unspecified atom stereocenters. The summed E-state index contributed by atoms with van der Waals surface area (Å²) >= 11 is 0. The highest BCUT2D eigenvalue weighted by atomic mass is 15.1. The van der Waals surface area contributed by atoms with Gasteiger partial charge in [-0.3, -0.25) is 0 Å². The minimum Gasteiger partial charge on any atom is -0.309 e. The van der Waals surface area contributed by atoms with Gasteiger partial charge in [0.15, 0.2) is 5.69 Å². The molecule has 0 atom stereocenters. The lowest BCUT2D eigenvalue weighted by Crippen LogP contribution is -2.11. The predicted molar refractivity (Wildman–Crippen MR) is 127 cm³/mol. The van der Waals surface area contributed by atoms with Crippen molar-refractivity contribution in [3.05, 3.63) is 120 Å². The molecule has 0 radical (unpaired) electrons. The number of fused-ring (bicyclic) bond motifs is 2. The van der Waals surface area contributed by atoms with Crippen molar-refractivity contribution >= 4 is 44.3 Å². The molecule has 0 saturated carbocycles. The number of hydrogen-bond acceptors (Lipinski definition) is 1. The molecule has 0 spiro atoms. The second kappa shape index (κ2) is 7.39. The van der Waals surface area contributed by atoms with Gasteiger partial charge in [-0.2, -0.15) is 0 Å². The average molecular weight is 384 g/mol. The average Bonchev–Trinajstić information content (AvgIpc) is 2.80. The van der Waals surface area contributed by atoms with Crippen LogP contribution in [0.3, 0.4) is 0 Å². The Labute approximate surface area is 176 Å². The monoisotopic (exact) mass is 384 g/mol. The molecule has 2 heteroatoms. The Hall–Kier alpha value is -4.09. The molecule has 0 amide bonds. The van der Waals surface area contributed by atoms with Gasteiger partial charge in [0, 0.05) is 22.1 Å². The first-order chi connectivity index (χ1) is 14.7. The third-order valence-electron chi connectivity index (χ3n) is 5.50. The van der Waals surface area contributed by atoms with Crippen LogP contribution in [0.5, 0.6) is 0 Å². The van der Waals surface area contributed by atoms with Gasteiger partial charge in [-0.25, -0.2) is 4.85 Å². The van der Waals surface area contributed by atoms with Crippen LogP contribution in [0.4, 0.5) is 22.7 Å². The van der Waals surface area contributed by atoms with Gasteiger partial charge in [-0.1, -0.05) is 78.4 Å². The molecular formula is C28H20N2. The molecule has 0 aliphatic heterocycles. The lowest BCUT2D eigenvalue weighted by molar-refractivity contribution is 1.30. The maximum absolute atomic E-state index is 7.30. The van der Waals surface area contributed by atoms with E-state index in [1.165, 1.54) is 27.1 Å². The number of nitrogens with zero attached hydrogens (tertiary/aromatic N) is 2. The molecule has 142 valence electrons. The summed E-state index contributed by atoms with van der Waals surface area (Å²) in [5, 5.41) is 4.82. The summed E-state index contributed by atoms with van der Waals surface area (Å²) in [6, 6.07) is 35.8. The fraction of sp³-hybridized carbons (Fsp3) is 0.0357. The molecule has 0 aliphatic rings. The molecule has 5 aromatic rings. The van der Waals surface area contributed by atoms with Crippen LogP contribution in [0, 0.1) is 13.5 Å². The van der Waals surface area contributed by atoms with Crippen molar-refractivity contribution < 1.29 is 0 Å². The summed E-state index contributed by atoms with van der Waals surface area (Å²) in [5.74, 6) is 0. The van der Waals surface area contributed by atoms with Gasteiger partial charge < -0.3 is 4.90 Å². The fourth-order valence-electron chi connectivity index (χ4n) is 4.01. The molecule has 0 fully saturated rings. The Morgan fingerprint density at radius 3 is 1.67 bits per heavy atom. The Balaban J connectivity index is 1.88. The van der Waals surface area contributed by atoms with Gasteiger partial charge in [0.25, 0.3) is 0 Å². The largest absolute Gasteiger partial charge is 0.309 e. The van der Waals surface area contributed by atoms with E-state index in [-0.39, 0.29) is 0 Å². The minimum absolute atomic E-state index is 0.644. The van der Waals surface area contributed by atoms with Crippen LogP contribution >= 0.6 is 0 Å². The molecule has 2 nitrogen and oxygen atoms in total. The van der Waals surface area contributed by atoms with E-state index in [1.807, 2.05) is 24.3 Å². The van der Waals surface area contributed by atoms with Crippen LogP contribution in [0.2, 0.25) is 0 Å². The Morgan fingerprint density at radius 1 is 0.633 bits per heavy atom. The standard InChI is InChI=1S/C28H20N2/c1-20-11-15-24(16-12-20)30(25-17-13-23(29-2)14-18-25)28-26-9-5-3-7-21(26)19-22-8-4-6-10-27(22)28/h3-19H,1H3. The van der Waals surface area contributed by atoms with Crippen molar-refractivity contribution in [2.75, 3.05) is 4.90 Å². The van der Waals surface area contributed by atoms with Crippen LogP contribution in [-0.4, -0.2) is 0 Å². The van der Waals surface area contributed by atoms with E-state index < -0.39 is 0 Å². The van der Waals surface area contributed by atoms with Crippen molar-refractivity contribution in [1.29, 1.82) is 0 Å². The Kier molecular flexibility index (Phi) is 4.42. The first kappa shape index (κ1) is 18.0. The highest BCUT2D eigenvalue weighted by molar-refractivity contribution is 6.14. The zero-order valence-electron chi connectivity index (χ0n) is 16.7. The smallest absolute Gasteiger partial charge is 0.187 e. The van der Waals surface area contributed by atoms with Crippen molar-refractivity contribution in [2.24, 2.45) is 0 Å². The molecule has 5 rings (SSSR count). The molecule has 0 aliphatic carbocycles. The van der Waals surface area contributed by atoms with Gasteiger partial charge in [0.2, 0.25) is 0 Å². The molecule has 30 heavy (non-hydrogen) atoms. The zero-order chi connectivity index (χ0) is 20.5.